The highest BCUT2D eigenvalue weighted by atomic mass is 16.5. The minimum Gasteiger partial charge on any atom is -0.497 e. The highest BCUT2D eigenvalue weighted by Gasteiger charge is 2.49. The Morgan fingerprint density at radius 1 is 0.837 bits per heavy atom. The highest BCUT2D eigenvalue weighted by Crippen LogP contribution is 2.49. The van der Waals surface area contributed by atoms with Crippen LogP contribution in [0.2, 0.25) is 0 Å². The molecule has 3 atom stereocenters. The van der Waals surface area contributed by atoms with Crippen LogP contribution < -0.4 is 14.8 Å². The zero-order valence-electron chi connectivity index (χ0n) is 24.7. The molecular weight excluding hydrogens is 546 g/mol. The fourth-order valence-corrected chi connectivity index (χ4v) is 5.92. The van der Waals surface area contributed by atoms with Gasteiger partial charge in [0.2, 0.25) is 0 Å². The van der Waals surface area contributed by atoms with Gasteiger partial charge in [-0.1, -0.05) is 42.5 Å². The molecule has 1 aliphatic carbocycles. The molecule has 222 valence electrons. The molecule has 0 amide bonds. The van der Waals surface area contributed by atoms with E-state index in [-0.39, 0.29) is 13.2 Å². The van der Waals surface area contributed by atoms with Crippen LogP contribution in [0.15, 0.2) is 101 Å². The molecule has 8 heteroatoms. The van der Waals surface area contributed by atoms with Crippen molar-refractivity contribution in [2.24, 2.45) is 5.92 Å². The van der Waals surface area contributed by atoms with Gasteiger partial charge in [-0.2, -0.15) is 0 Å². The number of esters is 2. The molecule has 0 aromatic heterocycles. The number of rotatable bonds is 9. The third kappa shape index (κ3) is 6.04. The topological polar surface area (TPSA) is 100 Å². The van der Waals surface area contributed by atoms with Crippen molar-refractivity contribution in [3.63, 3.8) is 0 Å². The van der Waals surface area contributed by atoms with Crippen LogP contribution in [-0.2, 0) is 23.9 Å². The van der Waals surface area contributed by atoms with E-state index in [4.69, 9.17) is 18.9 Å². The predicted octanol–water partition coefficient (Wildman–Crippen LogP) is 6.20. The summed E-state index contributed by atoms with van der Waals surface area (Å²) in [5, 5.41) is 3.34. The number of Topliss-reactive ketones (excluding diaryl/α,β-unsaturated/α-hetero) is 1. The maximum atomic E-state index is 14.6. The van der Waals surface area contributed by atoms with Gasteiger partial charge in [0.25, 0.3) is 0 Å². The van der Waals surface area contributed by atoms with Crippen molar-refractivity contribution in [1.29, 1.82) is 0 Å². The first kappa shape index (κ1) is 29.6. The second-order valence-electron chi connectivity index (χ2n) is 10.4. The van der Waals surface area contributed by atoms with Gasteiger partial charge in [-0.05, 0) is 74.7 Å². The van der Waals surface area contributed by atoms with Gasteiger partial charge in [-0.25, -0.2) is 4.79 Å². The Balaban J connectivity index is 1.65. The summed E-state index contributed by atoms with van der Waals surface area (Å²) in [6.07, 6.45) is 0.349. The summed E-state index contributed by atoms with van der Waals surface area (Å²) in [6, 6.07) is 24.0. The van der Waals surface area contributed by atoms with Crippen LogP contribution in [0, 0.1) is 5.92 Å². The summed E-state index contributed by atoms with van der Waals surface area (Å²) >= 11 is 0. The molecular formula is C35H35NO7. The number of nitrogens with one attached hydrogen (secondary N) is 1. The van der Waals surface area contributed by atoms with Crippen LogP contribution in [0.1, 0.15) is 50.2 Å². The van der Waals surface area contributed by atoms with E-state index in [1.165, 1.54) is 0 Å². The molecule has 1 N–H and O–H groups in total. The Morgan fingerprint density at radius 2 is 1.49 bits per heavy atom. The van der Waals surface area contributed by atoms with Crippen LogP contribution in [-0.4, -0.2) is 38.0 Å². The molecule has 3 aromatic carbocycles. The van der Waals surface area contributed by atoms with Crippen molar-refractivity contribution in [2.75, 3.05) is 20.3 Å². The molecule has 8 nitrogen and oxygen atoms in total. The van der Waals surface area contributed by atoms with Crippen molar-refractivity contribution < 1.29 is 33.3 Å². The lowest BCUT2D eigenvalue weighted by molar-refractivity contribution is -0.152. The molecule has 1 aliphatic heterocycles. The van der Waals surface area contributed by atoms with Crippen LogP contribution in [0.25, 0.3) is 0 Å². The molecule has 0 fully saturated rings. The maximum Gasteiger partial charge on any atom is 0.336 e. The van der Waals surface area contributed by atoms with Crippen molar-refractivity contribution in [1.82, 2.24) is 5.32 Å². The van der Waals surface area contributed by atoms with E-state index in [0.717, 1.165) is 5.56 Å². The van der Waals surface area contributed by atoms with E-state index in [0.29, 0.717) is 51.8 Å². The van der Waals surface area contributed by atoms with E-state index < -0.39 is 35.5 Å². The fourth-order valence-electron chi connectivity index (χ4n) is 5.92. The Labute approximate surface area is 251 Å². The molecule has 0 spiro atoms. The van der Waals surface area contributed by atoms with Crippen molar-refractivity contribution in [3.8, 4) is 17.2 Å². The normalized spacial score (nSPS) is 19.7. The van der Waals surface area contributed by atoms with E-state index in [1.54, 1.807) is 27.9 Å². The number of hydrogen-bond acceptors (Lipinski definition) is 8. The first-order chi connectivity index (χ1) is 20.9. The van der Waals surface area contributed by atoms with Crippen LogP contribution in [0.3, 0.4) is 0 Å². The minimum atomic E-state index is -1.11. The quantitative estimate of drug-likeness (QED) is 0.236. The molecule has 0 bridgehead atoms. The number of methoxy groups -OCH3 is 1. The summed E-state index contributed by atoms with van der Waals surface area (Å²) in [4.78, 5) is 41.5. The summed E-state index contributed by atoms with van der Waals surface area (Å²) in [6.45, 7) is 5.55. The standard InChI is InChI=1S/C35H35NO7/c1-5-41-34(38)29-21(3)36-28-20-27(22-12-10-16-25(18-22)40-4)31(35(39)42-6-2)33(37)32(28)30(29)23-13-11-17-26(19-23)43-24-14-8-7-9-15-24/h7-19,27,30-31,36H,5-6,20H2,1-4H3/t27-,30+,31+/m0/s1. The van der Waals surface area contributed by atoms with Crippen LogP contribution in [0.4, 0.5) is 0 Å². The Bertz CT molecular complexity index is 1590. The van der Waals surface area contributed by atoms with Crippen molar-refractivity contribution in [2.45, 2.75) is 39.0 Å². The number of dihydropyridines is 1. The van der Waals surface area contributed by atoms with E-state index in [9.17, 15) is 14.4 Å². The highest BCUT2D eigenvalue weighted by molar-refractivity contribution is 6.13. The lowest BCUT2D eigenvalue weighted by atomic mass is 9.67. The molecule has 0 saturated carbocycles. The second kappa shape index (κ2) is 13.0. The second-order valence-corrected chi connectivity index (χ2v) is 10.4. The average molecular weight is 582 g/mol. The van der Waals surface area contributed by atoms with E-state index >= 15 is 0 Å². The van der Waals surface area contributed by atoms with Crippen LogP contribution >= 0.6 is 0 Å². The summed E-state index contributed by atoms with van der Waals surface area (Å²) in [7, 11) is 1.57. The predicted molar refractivity (Wildman–Crippen MR) is 161 cm³/mol. The minimum absolute atomic E-state index is 0.132. The lowest BCUT2D eigenvalue weighted by Gasteiger charge is -2.39. The number of ether oxygens (including phenoxy) is 4. The number of carbonyl (C=O) groups excluding carboxylic acids is 3. The number of para-hydroxylation sites is 1. The first-order valence-electron chi connectivity index (χ1n) is 14.4. The Morgan fingerprint density at radius 3 is 2.19 bits per heavy atom. The van der Waals surface area contributed by atoms with Crippen LogP contribution in [0.5, 0.6) is 17.2 Å². The van der Waals surface area contributed by atoms with Crippen molar-refractivity contribution >= 4 is 17.7 Å². The first-order valence-corrected chi connectivity index (χ1v) is 14.4. The van der Waals surface area contributed by atoms with Gasteiger partial charge in [0.15, 0.2) is 5.78 Å². The number of benzene rings is 3. The molecule has 2 aliphatic rings. The number of ketones is 1. The zero-order chi connectivity index (χ0) is 30.5. The third-order valence-corrected chi connectivity index (χ3v) is 7.75. The monoisotopic (exact) mass is 581 g/mol. The van der Waals surface area contributed by atoms with Gasteiger partial charge in [0, 0.05) is 28.8 Å². The molecule has 3 aromatic rings. The molecule has 43 heavy (non-hydrogen) atoms. The van der Waals surface area contributed by atoms with Gasteiger partial charge in [-0.3, -0.25) is 9.59 Å². The van der Waals surface area contributed by atoms with Gasteiger partial charge in [0.05, 0.1) is 25.9 Å². The largest absolute Gasteiger partial charge is 0.497 e. The Hall–Kier alpha value is -4.85. The van der Waals surface area contributed by atoms with Gasteiger partial charge < -0.3 is 24.3 Å². The number of allylic oxidation sites excluding steroid dienone is 3. The molecule has 0 saturated heterocycles. The molecule has 1 heterocycles. The number of carbonyl (C=O) groups is 3. The van der Waals surface area contributed by atoms with Gasteiger partial charge in [0.1, 0.15) is 23.2 Å². The summed E-state index contributed by atoms with van der Waals surface area (Å²) in [5.74, 6) is -2.11. The van der Waals surface area contributed by atoms with E-state index in [1.807, 2.05) is 78.9 Å². The fraction of sp³-hybridized carbons (Fsp3) is 0.286. The summed E-state index contributed by atoms with van der Waals surface area (Å²) < 4.78 is 22.4. The maximum absolute atomic E-state index is 14.6. The van der Waals surface area contributed by atoms with Gasteiger partial charge >= 0.3 is 11.9 Å². The molecule has 0 unspecified atom stereocenters. The zero-order valence-corrected chi connectivity index (χ0v) is 24.7. The SMILES string of the molecule is CCOC(=O)C1=C(C)NC2=C(C(=O)[C@H](C(=O)OCC)[C@H](c3cccc(OC)c3)C2)[C@@H]1c1cccc(Oc2ccccc2)c1. The molecule has 5 rings (SSSR count). The summed E-state index contributed by atoms with van der Waals surface area (Å²) in [5.41, 5.74) is 3.36. The Kier molecular flexibility index (Phi) is 8.95. The van der Waals surface area contributed by atoms with E-state index in [2.05, 4.69) is 5.32 Å². The third-order valence-electron chi connectivity index (χ3n) is 7.75. The molecule has 0 radical (unpaired) electrons. The van der Waals surface area contributed by atoms with Crippen molar-refractivity contribution in [3.05, 3.63) is 113 Å². The smallest absolute Gasteiger partial charge is 0.336 e. The lowest BCUT2D eigenvalue weighted by Crippen LogP contribution is -2.43. The average Bonchev–Trinajstić information content (AvgIpc) is 3.01. The number of hydrogen-bond donors (Lipinski definition) is 1. The van der Waals surface area contributed by atoms with Gasteiger partial charge in [-0.15, -0.1) is 0 Å².